The molecule has 11 nitrogen and oxygen atoms in total. The van der Waals surface area contributed by atoms with Crippen LogP contribution in [0.4, 0.5) is 0 Å². The minimum Gasteiger partial charge on any atom is -0.507 e. The summed E-state index contributed by atoms with van der Waals surface area (Å²) in [5.74, 6) is 0.484. The SMILES string of the molecule is O=C1CCCN(C(=O)CCc2nc(-c3cccnc3)no2)CCCNC(=O)c2cccc(c2)-c2cc(ccc2O)CCN1. The van der Waals surface area contributed by atoms with Gasteiger partial charge in [-0.3, -0.25) is 19.4 Å². The van der Waals surface area contributed by atoms with Crippen LogP contribution in [0.3, 0.4) is 0 Å². The predicted molar refractivity (Wildman–Crippen MR) is 159 cm³/mol. The van der Waals surface area contributed by atoms with Crippen LogP contribution in [-0.4, -0.2) is 69.0 Å². The highest BCUT2D eigenvalue weighted by Crippen LogP contribution is 2.31. The van der Waals surface area contributed by atoms with Crippen LogP contribution in [0.2, 0.25) is 0 Å². The number of carbonyl (C=O) groups is 3. The molecular weight excluding hydrogens is 548 g/mol. The van der Waals surface area contributed by atoms with Gasteiger partial charge in [0.2, 0.25) is 23.5 Å². The molecule has 0 saturated heterocycles. The fourth-order valence-electron chi connectivity index (χ4n) is 4.94. The van der Waals surface area contributed by atoms with E-state index in [2.05, 4.69) is 25.8 Å². The lowest BCUT2D eigenvalue weighted by Crippen LogP contribution is -2.36. The number of aryl methyl sites for hydroxylation is 1. The third-order valence-electron chi connectivity index (χ3n) is 7.25. The first-order valence-electron chi connectivity index (χ1n) is 14.4. The second-order valence-corrected chi connectivity index (χ2v) is 10.4. The maximum absolute atomic E-state index is 13.2. The van der Waals surface area contributed by atoms with E-state index in [9.17, 15) is 19.5 Å². The maximum atomic E-state index is 13.2. The van der Waals surface area contributed by atoms with Crippen molar-refractivity contribution in [2.24, 2.45) is 0 Å². The number of phenols is 1. The monoisotopic (exact) mass is 582 g/mol. The molecule has 0 fully saturated rings. The number of pyridine rings is 1. The first kappa shape index (κ1) is 29.4. The Morgan fingerprint density at radius 2 is 1.77 bits per heavy atom. The summed E-state index contributed by atoms with van der Waals surface area (Å²) in [7, 11) is 0. The molecule has 4 aromatic rings. The summed E-state index contributed by atoms with van der Waals surface area (Å²) in [6.07, 6.45) is 5.67. The summed E-state index contributed by atoms with van der Waals surface area (Å²) < 4.78 is 5.34. The molecule has 43 heavy (non-hydrogen) atoms. The number of hydrogen-bond acceptors (Lipinski definition) is 8. The summed E-state index contributed by atoms with van der Waals surface area (Å²) in [6.45, 7) is 1.64. The largest absolute Gasteiger partial charge is 0.507 e. The molecule has 0 saturated carbocycles. The molecule has 2 aromatic heterocycles. The van der Waals surface area contributed by atoms with Crippen LogP contribution in [0.25, 0.3) is 22.5 Å². The number of hydrogen-bond donors (Lipinski definition) is 3. The van der Waals surface area contributed by atoms with Gasteiger partial charge >= 0.3 is 0 Å². The number of aromatic hydroxyl groups is 1. The smallest absolute Gasteiger partial charge is 0.251 e. The van der Waals surface area contributed by atoms with Crippen LogP contribution in [0.15, 0.2) is 71.5 Å². The van der Waals surface area contributed by atoms with E-state index >= 15 is 0 Å². The molecule has 0 radical (unpaired) electrons. The van der Waals surface area contributed by atoms with Crippen LogP contribution < -0.4 is 10.6 Å². The minimum atomic E-state index is -0.233. The molecular formula is C32H34N6O5. The third kappa shape index (κ3) is 8.03. The number of phenolic OH excluding ortho intramolecular Hbond substituents is 1. The minimum absolute atomic E-state index is 0.0851. The van der Waals surface area contributed by atoms with Gasteiger partial charge < -0.3 is 25.2 Å². The Labute approximate surface area is 249 Å². The van der Waals surface area contributed by atoms with Gasteiger partial charge in [0.15, 0.2) is 0 Å². The lowest BCUT2D eigenvalue weighted by Gasteiger charge is -2.23. The molecule has 11 heteroatoms. The Balaban J connectivity index is 1.24. The van der Waals surface area contributed by atoms with Crippen molar-refractivity contribution >= 4 is 17.7 Å². The highest BCUT2D eigenvalue weighted by Gasteiger charge is 2.17. The molecule has 5 rings (SSSR count). The summed E-state index contributed by atoms with van der Waals surface area (Å²) in [6, 6.07) is 16.0. The first-order chi connectivity index (χ1) is 21.0. The number of rotatable bonds is 4. The molecule has 4 bridgehead atoms. The van der Waals surface area contributed by atoms with Gasteiger partial charge in [0.05, 0.1) is 0 Å². The number of aromatic nitrogens is 3. The Morgan fingerprint density at radius 1 is 0.930 bits per heavy atom. The third-order valence-corrected chi connectivity index (χ3v) is 7.25. The van der Waals surface area contributed by atoms with E-state index in [1.54, 1.807) is 47.6 Å². The van der Waals surface area contributed by atoms with E-state index in [4.69, 9.17) is 4.52 Å². The number of amides is 3. The molecule has 0 atom stereocenters. The van der Waals surface area contributed by atoms with Crippen molar-refractivity contribution in [3.63, 3.8) is 0 Å². The molecule has 0 spiro atoms. The number of nitrogens with one attached hydrogen (secondary N) is 2. The van der Waals surface area contributed by atoms with Crippen molar-refractivity contribution in [1.29, 1.82) is 0 Å². The van der Waals surface area contributed by atoms with Crippen molar-refractivity contribution in [2.45, 2.75) is 38.5 Å². The van der Waals surface area contributed by atoms with Crippen molar-refractivity contribution in [1.82, 2.24) is 30.7 Å². The Kier molecular flexibility index (Phi) is 9.73. The van der Waals surface area contributed by atoms with Crippen LogP contribution in [0, 0.1) is 0 Å². The fraction of sp³-hybridized carbons (Fsp3) is 0.312. The van der Waals surface area contributed by atoms with Gasteiger partial charge in [0.25, 0.3) is 5.91 Å². The number of benzene rings is 2. The van der Waals surface area contributed by atoms with E-state index < -0.39 is 0 Å². The molecule has 2 aromatic carbocycles. The maximum Gasteiger partial charge on any atom is 0.251 e. The Bertz CT molecular complexity index is 1570. The molecule has 0 unspecified atom stereocenters. The highest BCUT2D eigenvalue weighted by molar-refractivity contribution is 5.95. The molecule has 3 amide bonds. The van der Waals surface area contributed by atoms with Gasteiger partial charge in [-0.15, -0.1) is 0 Å². The van der Waals surface area contributed by atoms with Gasteiger partial charge in [-0.2, -0.15) is 4.98 Å². The zero-order valence-electron chi connectivity index (χ0n) is 23.8. The molecule has 222 valence electrons. The number of carbonyl (C=O) groups excluding carboxylic acids is 3. The normalized spacial score (nSPS) is 15.0. The molecule has 3 N–H and O–H groups in total. The predicted octanol–water partition coefficient (Wildman–Crippen LogP) is 3.54. The number of nitrogens with zero attached hydrogens (tertiary/aromatic N) is 4. The Hall–Kier alpha value is -5.06. The topological polar surface area (TPSA) is 151 Å². The van der Waals surface area contributed by atoms with Crippen LogP contribution >= 0.6 is 0 Å². The summed E-state index contributed by atoms with van der Waals surface area (Å²) >= 11 is 0. The lowest BCUT2D eigenvalue weighted by molar-refractivity contribution is -0.132. The summed E-state index contributed by atoms with van der Waals surface area (Å²) in [5.41, 5.74) is 3.50. The molecule has 3 heterocycles. The quantitative estimate of drug-likeness (QED) is 0.331. The van der Waals surface area contributed by atoms with E-state index in [-0.39, 0.29) is 42.7 Å². The lowest BCUT2D eigenvalue weighted by atomic mass is 9.98. The van der Waals surface area contributed by atoms with Crippen LogP contribution in [-0.2, 0) is 22.4 Å². The zero-order valence-corrected chi connectivity index (χ0v) is 23.8. The molecule has 1 aliphatic heterocycles. The van der Waals surface area contributed by atoms with E-state index in [0.717, 1.165) is 16.7 Å². The Morgan fingerprint density at radius 3 is 2.63 bits per heavy atom. The van der Waals surface area contributed by atoms with E-state index in [1.807, 2.05) is 24.3 Å². The molecule has 1 aliphatic rings. The van der Waals surface area contributed by atoms with Gasteiger partial charge in [0.1, 0.15) is 5.75 Å². The molecule has 0 aliphatic carbocycles. The van der Waals surface area contributed by atoms with E-state index in [0.29, 0.717) is 68.3 Å². The van der Waals surface area contributed by atoms with Crippen LogP contribution in [0.5, 0.6) is 5.75 Å². The van der Waals surface area contributed by atoms with Gasteiger partial charge in [-0.1, -0.05) is 23.4 Å². The van der Waals surface area contributed by atoms with Crippen LogP contribution in [0.1, 0.15) is 47.5 Å². The second kappa shape index (κ2) is 14.2. The zero-order chi connectivity index (χ0) is 30.0. The first-order valence-corrected chi connectivity index (χ1v) is 14.4. The number of fused-ring (bicyclic) bond motifs is 5. The van der Waals surface area contributed by atoms with Crippen molar-refractivity contribution in [3.8, 4) is 28.3 Å². The summed E-state index contributed by atoms with van der Waals surface area (Å²) in [5, 5.41) is 20.3. The van der Waals surface area contributed by atoms with Gasteiger partial charge in [0, 0.05) is 74.5 Å². The van der Waals surface area contributed by atoms with Gasteiger partial charge in [-0.25, -0.2) is 0 Å². The van der Waals surface area contributed by atoms with Crippen molar-refractivity contribution < 1.29 is 24.0 Å². The van der Waals surface area contributed by atoms with Gasteiger partial charge in [-0.05, 0) is 66.8 Å². The van der Waals surface area contributed by atoms with Crippen molar-refractivity contribution in [3.05, 3.63) is 84.0 Å². The van der Waals surface area contributed by atoms with Crippen molar-refractivity contribution in [2.75, 3.05) is 26.2 Å². The average molecular weight is 583 g/mol. The van der Waals surface area contributed by atoms with E-state index in [1.165, 1.54) is 0 Å². The summed E-state index contributed by atoms with van der Waals surface area (Å²) in [4.78, 5) is 48.8. The average Bonchev–Trinajstić information content (AvgIpc) is 3.51. The highest BCUT2D eigenvalue weighted by atomic mass is 16.5. The fourth-order valence-corrected chi connectivity index (χ4v) is 4.94. The second-order valence-electron chi connectivity index (χ2n) is 10.4. The standard InChI is InChI=1S/C32H34N6O5/c39-27-10-9-22-13-16-34-28(40)8-3-17-38(18-4-15-35-32(42)24-6-1-5-23(20-24)26(27)19-22)30(41)12-11-29-36-31(37-43-29)25-7-2-14-33-21-25/h1-2,5-7,9-10,14,19-21,39H,3-4,8,11-13,15-18H2,(H,34,40)(H,35,42).